The predicted molar refractivity (Wildman–Crippen MR) is 86.0 cm³/mol. The Labute approximate surface area is 150 Å². The molecule has 2 N–H and O–H groups in total. The first-order valence-corrected chi connectivity index (χ1v) is 7.83. The van der Waals surface area contributed by atoms with Gasteiger partial charge >= 0.3 is 18.1 Å². The summed E-state index contributed by atoms with van der Waals surface area (Å²) in [6.45, 7) is 3.63. The van der Waals surface area contributed by atoms with Gasteiger partial charge < -0.3 is 15.2 Å². The molecule has 2 heterocycles. The Balaban J connectivity index is 0.000000321. The smallest absolute Gasteiger partial charge is 0.475 e. The van der Waals surface area contributed by atoms with Crippen LogP contribution >= 0.6 is 0 Å². The highest BCUT2D eigenvalue weighted by Gasteiger charge is 2.38. The second-order valence-electron chi connectivity index (χ2n) is 5.82. The number of benzene rings is 1. The van der Waals surface area contributed by atoms with Gasteiger partial charge in [0.1, 0.15) is 5.82 Å². The molecule has 1 aliphatic rings. The van der Waals surface area contributed by atoms with Gasteiger partial charge in [-0.05, 0) is 26.0 Å². The molecule has 148 valence electrons. The lowest BCUT2D eigenvalue weighted by Crippen LogP contribution is -2.21. The van der Waals surface area contributed by atoms with Crippen LogP contribution in [0.2, 0.25) is 0 Å². The first-order chi connectivity index (χ1) is 12.6. The third-order valence-corrected chi connectivity index (χ3v) is 4.01. The molecule has 1 aliphatic heterocycles. The minimum Gasteiger partial charge on any atom is -0.475 e. The van der Waals surface area contributed by atoms with E-state index in [-0.39, 0.29) is 11.6 Å². The second-order valence-corrected chi connectivity index (χ2v) is 5.82. The number of carbonyl (C=O) groups excluding carboxylic acids is 1. The predicted octanol–water partition coefficient (Wildman–Crippen LogP) is 2.44. The van der Waals surface area contributed by atoms with Gasteiger partial charge in [-0.2, -0.15) is 18.3 Å². The number of carbonyl (C=O) groups is 2. The number of esters is 1. The quantitative estimate of drug-likeness (QED) is 0.603. The molecule has 7 nitrogen and oxygen atoms in total. The summed E-state index contributed by atoms with van der Waals surface area (Å²) in [6.07, 6.45) is -4.11. The van der Waals surface area contributed by atoms with Crippen molar-refractivity contribution in [2.24, 2.45) is 0 Å². The molecule has 0 amide bonds. The van der Waals surface area contributed by atoms with Crippen LogP contribution in [0.4, 0.5) is 17.6 Å². The van der Waals surface area contributed by atoms with Crippen LogP contribution in [-0.4, -0.2) is 53.2 Å². The summed E-state index contributed by atoms with van der Waals surface area (Å²) < 4.78 is 52.3. The van der Waals surface area contributed by atoms with Crippen molar-refractivity contribution in [2.75, 3.05) is 20.2 Å². The topological polar surface area (TPSA) is 93.5 Å². The number of fused-ring (bicyclic) bond motifs is 1. The van der Waals surface area contributed by atoms with Crippen LogP contribution in [0.3, 0.4) is 0 Å². The van der Waals surface area contributed by atoms with Crippen molar-refractivity contribution in [2.45, 2.75) is 25.6 Å². The Hall–Kier alpha value is -2.69. The molecule has 1 aromatic carbocycles. The third-order valence-electron chi connectivity index (χ3n) is 4.01. The van der Waals surface area contributed by atoms with Gasteiger partial charge in [0.05, 0.1) is 29.9 Å². The highest BCUT2D eigenvalue weighted by Crippen LogP contribution is 2.27. The van der Waals surface area contributed by atoms with Gasteiger partial charge in [-0.15, -0.1) is 0 Å². The van der Waals surface area contributed by atoms with Crippen LogP contribution in [0.25, 0.3) is 10.9 Å². The molecule has 2 aromatic rings. The Kier molecular flexibility index (Phi) is 6.04. The van der Waals surface area contributed by atoms with Crippen molar-refractivity contribution in [1.29, 1.82) is 0 Å². The van der Waals surface area contributed by atoms with E-state index in [0.717, 1.165) is 36.1 Å². The van der Waals surface area contributed by atoms with E-state index in [1.165, 1.54) is 19.2 Å². The molecule has 0 aliphatic carbocycles. The van der Waals surface area contributed by atoms with Crippen molar-refractivity contribution in [1.82, 2.24) is 15.1 Å². The summed E-state index contributed by atoms with van der Waals surface area (Å²) in [5, 5.41) is 15.7. The van der Waals surface area contributed by atoms with Crippen molar-refractivity contribution in [3.8, 4) is 0 Å². The van der Waals surface area contributed by atoms with Crippen molar-refractivity contribution in [3.05, 3.63) is 29.2 Å². The number of alkyl halides is 3. The van der Waals surface area contributed by atoms with Crippen LogP contribution in [0.1, 0.15) is 28.5 Å². The summed E-state index contributed by atoms with van der Waals surface area (Å²) in [5.74, 6) is -4.00. The fraction of sp³-hybridized carbons (Fsp3) is 0.438. The molecule has 11 heteroatoms. The molecular formula is C16H17F4N3O4. The Morgan fingerprint density at radius 3 is 2.48 bits per heavy atom. The number of ether oxygens (including phenoxy) is 1. The molecule has 0 spiro atoms. The first kappa shape index (κ1) is 20.6. The zero-order chi connectivity index (χ0) is 20.4. The zero-order valence-corrected chi connectivity index (χ0v) is 14.4. The molecule has 1 unspecified atom stereocenters. The maximum Gasteiger partial charge on any atom is 0.490 e. The molecular weight excluding hydrogens is 374 g/mol. The fourth-order valence-electron chi connectivity index (χ4n) is 2.70. The van der Waals surface area contributed by atoms with Gasteiger partial charge in [0, 0.05) is 18.0 Å². The monoisotopic (exact) mass is 391 g/mol. The second kappa shape index (κ2) is 7.91. The van der Waals surface area contributed by atoms with E-state index >= 15 is 0 Å². The van der Waals surface area contributed by atoms with Crippen molar-refractivity contribution < 1.29 is 37.0 Å². The first-order valence-electron chi connectivity index (χ1n) is 7.83. The van der Waals surface area contributed by atoms with Crippen LogP contribution in [-0.2, 0) is 9.53 Å². The molecule has 1 atom stereocenters. The number of methoxy groups -OCH3 is 1. The number of carboxylic acids is 1. The lowest BCUT2D eigenvalue weighted by molar-refractivity contribution is -0.192. The highest BCUT2D eigenvalue weighted by atomic mass is 19.4. The Morgan fingerprint density at radius 2 is 2.00 bits per heavy atom. The van der Waals surface area contributed by atoms with Gasteiger partial charge in [0.15, 0.2) is 0 Å². The summed E-state index contributed by atoms with van der Waals surface area (Å²) >= 11 is 0. The van der Waals surface area contributed by atoms with Gasteiger partial charge in [0.25, 0.3) is 0 Å². The maximum absolute atomic E-state index is 14.1. The molecule has 0 bridgehead atoms. The van der Waals surface area contributed by atoms with Crippen molar-refractivity contribution in [3.63, 3.8) is 0 Å². The summed E-state index contributed by atoms with van der Waals surface area (Å²) in [5.41, 5.74) is 1.46. The molecule has 3 rings (SSSR count). The minimum atomic E-state index is -5.08. The van der Waals surface area contributed by atoms with E-state index in [0.29, 0.717) is 0 Å². The van der Waals surface area contributed by atoms with Crippen LogP contribution in [0.15, 0.2) is 12.1 Å². The van der Waals surface area contributed by atoms with Crippen molar-refractivity contribution >= 4 is 22.8 Å². The van der Waals surface area contributed by atoms with E-state index in [1.54, 1.807) is 0 Å². The van der Waals surface area contributed by atoms with E-state index in [2.05, 4.69) is 15.2 Å². The number of nitrogens with one attached hydrogen (secondary N) is 1. The van der Waals surface area contributed by atoms with Gasteiger partial charge in [-0.3, -0.25) is 4.68 Å². The number of hydrogen-bond acceptors (Lipinski definition) is 5. The maximum atomic E-state index is 14.1. The number of nitrogens with zero attached hydrogens (tertiary/aromatic N) is 2. The number of aromatic nitrogens is 2. The summed E-state index contributed by atoms with van der Waals surface area (Å²) in [4.78, 5) is 20.4. The Morgan fingerprint density at radius 1 is 1.37 bits per heavy atom. The molecule has 1 aromatic heterocycles. The van der Waals surface area contributed by atoms with E-state index in [1.807, 2.05) is 11.6 Å². The fourth-order valence-corrected chi connectivity index (χ4v) is 2.70. The normalized spacial score (nSPS) is 16.7. The van der Waals surface area contributed by atoms with Crippen LogP contribution in [0, 0.1) is 12.7 Å². The van der Waals surface area contributed by atoms with Crippen LogP contribution < -0.4 is 5.32 Å². The minimum absolute atomic E-state index is 0.0489. The number of carboxylic acid groups (broad SMARTS) is 1. The average molecular weight is 391 g/mol. The number of hydrogen-bond donors (Lipinski definition) is 2. The van der Waals surface area contributed by atoms with E-state index in [4.69, 9.17) is 9.90 Å². The summed E-state index contributed by atoms with van der Waals surface area (Å²) in [6, 6.07) is 3.13. The number of aliphatic carboxylic acids is 1. The van der Waals surface area contributed by atoms with Gasteiger partial charge in [-0.1, -0.05) is 0 Å². The average Bonchev–Trinajstić information content (AvgIpc) is 3.21. The highest BCUT2D eigenvalue weighted by molar-refractivity contribution is 5.95. The van der Waals surface area contributed by atoms with Gasteiger partial charge in [-0.25, -0.2) is 14.0 Å². The number of aryl methyl sites for hydroxylation is 1. The number of rotatable bonds is 2. The summed E-state index contributed by atoms with van der Waals surface area (Å²) in [7, 11) is 1.24. The lowest BCUT2D eigenvalue weighted by Gasteiger charge is -2.11. The molecule has 0 saturated carbocycles. The number of halogens is 4. The lowest BCUT2D eigenvalue weighted by atomic mass is 10.1. The van der Waals surface area contributed by atoms with E-state index in [9.17, 15) is 22.4 Å². The van der Waals surface area contributed by atoms with Gasteiger partial charge in [0.2, 0.25) is 0 Å². The standard InChI is InChI=1S/C14H16FN3O2.C2HF3O2/c1-8-10-5-11(14(19)20-2)12(15)6-13(10)18(17-8)9-3-4-16-7-9;3-2(4,5)1(6)7/h5-6,9,16H,3-4,7H2,1-2H3;(H,6,7). The van der Waals surface area contributed by atoms with Crippen LogP contribution in [0.5, 0.6) is 0 Å². The molecule has 0 radical (unpaired) electrons. The molecule has 1 fully saturated rings. The van der Waals surface area contributed by atoms with E-state index < -0.39 is 23.9 Å². The third kappa shape index (κ3) is 4.54. The molecule has 1 saturated heterocycles. The SMILES string of the molecule is COC(=O)c1cc2c(C)nn(C3CCNC3)c2cc1F.O=C(O)C(F)(F)F. The largest absolute Gasteiger partial charge is 0.490 e. The molecule has 27 heavy (non-hydrogen) atoms. The zero-order valence-electron chi connectivity index (χ0n) is 14.4. The Bertz CT molecular complexity index is 857.